The fourth-order valence-corrected chi connectivity index (χ4v) is 3.42. The number of hydrogen-bond acceptors (Lipinski definition) is 2. The molecule has 0 spiro atoms. The van der Waals surface area contributed by atoms with E-state index in [-0.39, 0.29) is 5.97 Å². The van der Waals surface area contributed by atoms with Gasteiger partial charge in [0.1, 0.15) is 0 Å². The Morgan fingerprint density at radius 2 is 1.85 bits per heavy atom. The molecule has 110 valence electrons. The number of hydrogen-bond donors (Lipinski definition) is 0. The van der Waals surface area contributed by atoms with Gasteiger partial charge >= 0.3 is 5.97 Å². The van der Waals surface area contributed by atoms with Gasteiger partial charge in [-0.1, -0.05) is 38.0 Å². The monoisotopic (exact) mass is 274 g/mol. The van der Waals surface area contributed by atoms with Crippen LogP contribution in [0.1, 0.15) is 74.2 Å². The molecule has 1 aliphatic carbocycles. The van der Waals surface area contributed by atoms with E-state index in [1.54, 1.807) is 0 Å². The smallest absolute Gasteiger partial charge is 0.338 e. The zero-order chi connectivity index (χ0) is 14.4. The lowest BCUT2D eigenvalue weighted by molar-refractivity contribution is 0.0524. The molecule has 1 saturated carbocycles. The standard InChI is InChI=1S/C18H26O2/c1-3-7-14-10-12-15(13-11-14)16-8-5-6-9-17(16)18(19)20-4-2/h5-6,8-9,14-15H,3-4,7,10-13H2,1-2H3. The minimum atomic E-state index is -0.168. The van der Waals surface area contributed by atoms with Crippen molar-refractivity contribution in [3.8, 4) is 0 Å². The van der Waals surface area contributed by atoms with Crippen LogP contribution in [0.4, 0.5) is 0 Å². The van der Waals surface area contributed by atoms with Crippen LogP contribution in [0.25, 0.3) is 0 Å². The molecule has 0 amide bonds. The van der Waals surface area contributed by atoms with Gasteiger partial charge in [0.2, 0.25) is 0 Å². The summed E-state index contributed by atoms with van der Waals surface area (Å²) >= 11 is 0. The number of carbonyl (C=O) groups is 1. The van der Waals surface area contributed by atoms with E-state index in [9.17, 15) is 4.79 Å². The Hall–Kier alpha value is -1.31. The highest BCUT2D eigenvalue weighted by Crippen LogP contribution is 2.38. The Bertz CT molecular complexity index is 431. The largest absolute Gasteiger partial charge is 0.462 e. The maximum Gasteiger partial charge on any atom is 0.338 e. The first-order valence-electron chi connectivity index (χ1n) is 8.02. The van der Waals surface area contributed by atoms with Crippen molar-refractivity contribution in [3.63, 3.8) is 0 Å². The molecule has 0 aromatic heterocycles. The molecule has 0 aliphatic heterocycles. The Morgan fingerprint density at radius 3 is 2.50 bits per heavy atom. The molecular weight excluding hydrogens is 248 g/mol. The number of carbonyl (C=O) groups excluding carboxylic acids is 1. The van der Waals surface area contributed by atoms with Gasteiger partial charge in [0, 0.05) is 0 Å². The van der Waals surface area contributed by atoms with Crippen LogP contribution < -0.4 is 0 Å². The number of benzene rings is 1. The molecule has 2 nitrogen and oxygen atoms in total. The summed E-state index contributed by atoms with van der Waals surface area (Å²) in [6.45, 7) is 4.56. The molecular formula is C18H26O2. The van der Waals surface area contributed by atoms with Crippen LogP contribution in [-0.2, 0) is 4.74 Å². The first-order valence-corrected chi connectivity index (χ1v) is 8.02. The molecule has 1 aromatic rings. The molecule has 0 atom stereocenters. The summed E-state index contributed by atoms with van der Waals surface area (Å²) in [5, 5.41) is 0. The molecule has 20 heavy (non-hydrogen) atoms. The highest BCUT2D eigenvalue weighted by molar-refractivity contribution is 5.91. The van der Waals surface area contributed by atoms with Crippen LogP contribution in [0.3, 0.4) is 0 Å². The van der Waals surface area contributed by atoms with Gasteiger partial charge in [0.05, 0.1) is 12.2 Å². The molecule has 2 heteroatoms. The second-order valence-corrected chi connectivity index (χ2v) is 5.81. The Kier molecular flexibility index (Phi) is 5.63. The van der Waals surface area contributed by atoms with Gasteiger partial charge in [-0.15, -0.1) is 0 Å². The summed E-state index contributed by atoms with van der Waals surface area (Å²) in [6.07, 6.45) is 7.66. The molecule has 1 aromatic carbocycles. The first-order chi connectivity index (χ1) is 9.76. The van der Waals surface area contributed by atoms with Crippen molar-refractivity contribution in [1.29, 1.82) is 0 Å². The van der Waals surface area contributed by atoms with Gasteiger partial charge in [-0.05, 0) is 56.1 Å². The minimum absolute atomic E-state index is 0.168. The Balaban J connectivity index is 2.08. The summed E-state index contributed by atoms with van der Waals surface area (Å²) < 4.78 is 5.18. The van der Waals surface area contributed by atoms with E-state index in [4.69, 9.17) is 4.74 Å². The SMILES string of the molecule is CCCC1CCC(c2ccccc2C(=O)OCC)CC1. The van der Waals surface area contributed by atoms with Crippen molar-refractivity contribution in [1.82, 2.24) is 0 Å². The predicted molar refractivity (Wildman–Crippen MR) is 82.0 cm³/mol. The first kappa shape index (κ1) is 15.1. The fraction of sp³-hybridized carbons (Fsp3) is 0.611. The Labute approximate surface area is 122 Å². The summed E-state index contributed by atoms with van der Waals surface area (Å²) in [5.41, 5.74) is 1.97. The summed E-state index contributed by atoms with van der Waals surface area (Å²) in [7, 11) is 0. The molecule has 0 unspecified atom stereocenters. The van der Waals surface area contributed by atoms with Crippen molar-refractivity contribution >= 4 is 5.97 Å². The Morgan fingerprint density at radius 1 is 1.15 bits per heavy atom. The highest BCUT2D eigenvalue weighted by Gasteiger charge is 2.25. The molecule has 0 N–H and O–H groups in total. The zero-order valence-electron chi connectivity index (χ0n) is 12.7. The maximum atomic E-state index is 12.1. The van der Waals surface area contributed by atoms with E-state index in [2.05, 4.69) is 13.0 Å². The van der Waals surface area contributed by atoms with Gasteiger partial charge in [0.15, 0.2) is 0 Å². The highest BCUT2D eigenvalue weighted by atomic mass is 16.5. The normalized spacial score (nSPS) is 22.5. The molecule has 0 heterocycles. The average Bonchev–Trinajstić information content (AvgIpc) is 2.49. The maximum absolute atomic E-state index is 12.1. The second kappa shape index (κ2) is 7.47. The third-order valence-corrected chi connectivity index (χ3v) is 4.44. The van der Waals surface area contributed by atoms with Crippen molar-refractivity contribution in [2.45, 2.75) is 58.3 Å². The van der Waals surface area contributed by atoms with Crippen LogP contribution in [0.5, 0.6) is 0 Å². The second-order valence-electron chi connectivity index (χ2n) is 5.81. The van der Waals surface area contributed by atoms with Gasteiger partial charge in [0.25, 0.3) is 0 Å². The average molecular weight is 274 g/mol. The molecule has 2 rings (SSSR count). The molecule has 0 bridgehead atoms. The van der Waals surface area contributed by atoms with E-state index in [1.807, 2.05) is 25.1 Å². The summed E-state index contributed by atoms with van der Waals surface area (Å²) in [6, 6.07) is 7.98. The molecule has 0 saturated heterocycles. The van der Waals surface area contributed by atoms with Crippen molar-refractivity contribution < 1.29 is 9.53 Å². The van der Waals surface area contributed by atoms with Gasteiger partial charge in [-0.3, -0.25) is 0 Å². The van der Waals surface area contributed by atoms with Crippen molar-refractivity contribution in [3.05, 3.63) is 35.4 Å². The van der Waals surface area contributed by atoms with E-state index >= 15 is 0 Å². The van der Waals surface area contributed by atoms with Crippen LogP contribution in [-0.4, -0.2) is 12.6 Å². The van der Waals surface area contributed by atoms with Gasteiger partial charge < -0.3 is 4.74 Å². The summed E-state index contributed by atoms with van der Waals surface area (Å²) in [4.78, 5) is 12.1. The van der Waals surface area contributed by atoms with Gasteiger partial charge in [-0.25, -0.2) is 4.79 Å². The third-order valence-electron chi connectivity index (χ3n) is 4.44. The third kappa shape index (κ3) is 3.62. The number of rotatable bonds is 5. The lowest BCUT2D eigenvalue weighted by Crippen LogP contribution is -2.16. The minimum Gasteiger partial charge on any atom is -0.462 e. The number of esters is 1. The van der Waals surface area contributed by atoms with Crippen LogP contribution >= 0.6 is 0 Å². The van der Waals surface area contributed by atoms with Crippen LogP contribution in [0.15, 0.2) is 24.3 Å². The topological polar surface area (TPSA) is 26.3 Å². The van der Waals surface area contributed by atoms with Crippen molar-refractivity contribution in [2.75, 3.05) is 6.61 Å². The zero-order valence-corrected chi connectivity index (χ0v) is 12.7. The predicted octanol–water partition coefficient (Wildman–Crippen LogP) is 4.94. The lowest BCUT2D eigenvalue weighted by atomic mass is 9.76. The van der Waals surface area contributed by atoms with E-state index in [1.165, 1.54) is 44.1 Å². The molecule has 0 radical (unpaired) electrons. The summed E-state index contributed by atoms with van der Waals surface area (Å²) in [5.74, 6) is 1.26. The van der Waals surface area contributed by atoms with Gasteiger partial charge in [-0.2, -0.15) is 0 Å². The van der Waals surface area contributed by atoms with Crippen LogP contribution in [0, 0.1) is 5.92 Å². The van der Waals surface area contributed by atoms with E-state index in [0.717, 1.165) is 11.5 Å². The molecule has 1 aliphatic rings. The number of ether oxygens (including phenoxy) is 1. The quantitative estimate of drug-likeness (QED) is 0.711. The van der Waals surface area contributed by atoms with E-state index < -0.39 is 0 Å². The fourth-order valence-electron chi connectivity index (χ4n) is 3.42. The van der Waals surface area contributed by atoms with Crippen LogP contribution in [0.2, 0.25) is 0 Å². The van der Waals surface area contributed by atoms with Crippen molar-refractivity contribution in [2.24, 2.45) is 5.92 Å². The lowest BCUT2D eigenvalue weighted by Gasteiger charge is -2.29. The van der Waals surface area contributed by atoms with E-state index in [0.29, 0.717) is 12.5 Å². The molecule has 1 fully saturated rings.